The minimum Gasteiger partial charge on any atom is -0.496 e. The zero-order chi connectivity index (χ0) is 14.9. The molecule has 4 heteroatoms. The van der Waals surface area contributed by atoms with E-state index in [9.17, 15) is 0 Å². The highest BCUT2D eigenvalue weighted by Gasteiger charge is 2.14. The molecule has 1 aromatic rings. The highest BCUT2D eigenvalue weighted by Crippen LogP contribution is 2.18. The highest BCUT2D eigenvalue weighted by atomic mass is 16.5. The molecule has 1 aliphatic heterocycles. The van der Waals surface area contributed by atoms with Crippen molar-refractivity contribution < 1.29 is 14.2 Å². The maximum absolute atomic E-state index is 5.64. The van der Waals surface area contributed by atoms with E-state index in [1.54, 1.807) is 7.11 Å². The number of benzene rings is 1. The van der Waals surface area contributed by atoms with Gasteiger partial charge in [0.2, 0.25) is 0 Å². The molecule has 0 saturated carbocycles. The van der Waals surface area contributed by atoms with E-state index in [1.807, 2.05) is 6.07 Å². The molecule has 1 aromatic carbocycles. The molecule has 118 valence electrons. The first-order chi connectivity index (χ1) is 10.3. The van der Waals surface area contributed by atoms with Gasteiger partial charge in [0.1, 0.15) is 5.75 Å². The molecule has 1 heterocycles. The van der Waals surface area contributed by atoms with Gasteiger partial charge >= 0.3 is 0 Å². The van der Waals surface area contributed by atoms with Crippen LogP contribution in [0, 0.1) is 6.92 Å². The van der Waals surface area contributed by atoms with Gasteiger partial charge in [-0.05, 0) is 49.9 Å². The molecule has 0 radical (unpaired) electrons. The lowest BCUT2D eigenvalue weighted by Gasteiger charge is -2.11. The number of rotatable bonds is 9. The quantitative estimate of drug-likeness (QED) is 0.711. The summed E-state index contributed by atoms with van der Waals surface area (Å²) in [5.74, 6) is 0.946. The Kier molecular flexibility index (Phi) is 7.00. The van der Waals surface area contributed by atoms with Crippen molar-refractivity contribution in [3.63, 3.8) is 0 Å². The number of hydrogen-bond acceptors (Lipinski definition) is 4. The van der Waals surface area contributed by atoms with Gasteiger partial charge in [0.05, 0.1) is 19.8 Å². The van der Waals surface area contributed by atoms with Crippen LogP contribution in [0.25, 0.3) is 0 Å². The zero-order valence-electron chi connectivity index (χ0n) is 13.2. The van der Waals surface area contributed by atoms with Crippen LogP contribution in [-0.2, 0) is 16.0 Å². The van der Waals surface area contributed by atoms with Crippen LogP contribution in [0.1, 0.15) is 30.4 Å². The Morgan fingerprint density at radius 3 is 3.00 bits per heavy atom. The van der Waals surface area contributed by atoms with Gasteiger partial charge in [-0.2, -0.15) is 0 Å². The minimum atomic E-state index is 0.334. The molecule has 21 heavy (non-hydrogen) atoms. The fourth-order valence-corrected chi connectivity index (χ4v) is 2.57. The van der Waals surface area contributed by atoms with E-state index < -0.39 is 0 Å². The van der Waals surface area contributed by atoms with E-state index in [0.29, 0.717) is 6.10 Å². The number of aryl methyl sites for hydroxylation is 1. The van der Waals surface area contributed by atoms with Crippen LogP contribution >= 0.6 is 0 Å². The summed E-state index contributed by atoms with van der Waals surface area (Å²) in [6, 6.07) is 6.30. The Balaban J connectivity index is 1.52. The third-order valence-corrected chi connectivity index (χ3v) is 3.76. The second kappa shape index (κ2) is 9.03. The molecule has 4 nitrogen and oxygen atoms in total. The Morgan fingerprint density at radius 2 is 2.29 bits per heavy atom. The zero-order valence-corrected chi connectivity index (χ0v) is 13.2. The van der Waals surface area contributed by atoms with Crippen LogP contribution in [0.2, 0.25) is 0 Å². The summed E-state index contributed by atoms with van der Waals surface area (Å²) in [5, 5.41) is 3.44. The van der Waals surface area contributed by atoms with Crippen molar-refractivity contribution in [2.45, 2.75) is 38.8 Å². The molecular weight excluding hydrogens is 266 g/mol. The molecule has 1 aliphatic rings. The van der Waals surface area contributed by atoms with Crippen LogP contribution in [0.4, 0.5) is 0 Å². The van der Waals surface area contributed by atoms with E-state index >= 15 is 0 Å². The molecule has 0 amide bonds. The van der Waals surface area contributed by atoms with Gasteiger partial charge in [-0.1, -0.05) is 12.1 Å². The smallest absolute Gasteiger partial charge is 0.121 e. The molecule has 0 aliphatic carbocycles. The summed E-state index contributed by atoms with van der Waals surface area (Å²) < 4.78 is 16.4. The molecule has 1 N–H and O–H groups in total. The van der Waals surface area contributed by atoms with Crippen LogP contribution in [0.15, 0.2) is 18.2 Å². The number of ether oxygens (including phenoxy) is 3. The van der Waals surface area contributed by atoms with Crippen molar-refractivity contribution in [2.24, 2.45) is 0 Å². The number of methoxy groups -OCH3 is 1. The standard InChI is InChI=1S/C17H27NO3/c1-14-11-15(6-7-17(14)19-2)12-18-8-4-9-20-13-16-5-3-10-21-16/h6-7,11,16,18H,3-5,8-10,12-13H2,1-2H3. The van der Waals surface area contributed by atoms with Gasteiger partial charge < -0.3 is 19.5 Å². The van der Waals surface area contributed by atoms with Crippen LogP contribution in [0.5, 0.6) is 5.75 Å². The summed E-state index contributed by atoms with van der Waals surface area (Å²) in [5.41, 5.74) is 2.46. The fourth-order valence-electron chi connectivity index (χ4n) is 2.57. The molecule has 2 rings (SSSR count). The number of nitrogens with one attached hydrogen (secondary N) is 1. The highest BCUT2D eigenvalue weighted by molar-refractivity contribution is 5.36. The molecular formula is C17H27NO3. The predicted octanol–water partition coefficient (Wildman–Crippen LogP) is 2.68. The van der Waals surface area contributed by atoms with Gasteiger partial charge in [-0.25, -0.2) is 0 Å². The average Bonchev–Trinajstić information content (AvgIpc) is 3.00. The van der Waals surface area contributed by atoms with Crippen molar-refractivity contribution in [1.82, 2.24) is 5.32 Å². The normalized spacial score (nSPS) is 18.1. The second-order valence-corrected chi connectivity index (χ2v) is 5.54. The van der Waals surface area contributed by atoms with Gasteiger partial charge in [-0.15, -0.1) is 0 Å². The Hall–Kier alpha value is -1.10. The second-order valence-electron chi connectivity index (χ2n) is 5.54. The van der Waals surface area contributed by atoms with Crippen molar-refractivity contribution in [1.29, 1.82) is 0 Å². The molecule has 0 bridgehead atoms. The topological polar surface area (TPSA) is 39.7 Å². The SMILES string of the molecule is COc1ccc(CNCCCOCC2CCCO2)cc1C. The lowest BCUT2D eigenvalue weighted by Crippen LogP contribution is -2.19. The van der Waals surface area contributed by atoms with Crippen LogP contribution < -0.4 is 10.1 Å². The van der Waals surface area contributed by atoms with Crippen molar-refractivity contribution >= 4 is 0 Å². The first-order valence-electron chi connectivity index (χ1n) is 7.83. The van der Waals surface area contributed by atoms with E-state index in [4.69, 9.17) is 14.2 Å². The molecule has 0 spiro atoms. The first kappa shape index (κ1) is 16.3. The van der Waals surface area contributed by atoms with Crippen molar-refractivity contribution in [3.8, 4) is 5.75 Å². The molecule has 1 unspecified atom stereocenters. The molecule has 1 fully saturated rings. The lowest BCUT2D eigenvalue weighted by molar-refractivity contribution is 0.0166. The third kappa shape index (κ3) is 5.65. The van der Waals surface area contributed by atoms with Gasteiger partial charge in [0.25, 0.3) is 0 Å². The maximum atomic E-state index is 5.64. The summed E-state index contributed by atoms with van der Waals surface area (Å²) in [4.78, 5) is 0. The summed E-state index contributed by atoms with van der Waals surface area (Å²) >= 11 is 0. The van der Waals surface area contributed by atoms with Crippen LogP contribution in [-0.4, -0.2) is 39.6 Å². The summed E-state index contributed by atoms with van der Waals surface area (Å²) in [6.07, 6.45) is 3.69. The summed E-state index contributed by atoms with van der Waals surface area (Å²) in [6.45, 7) is 6.37. The Morgan fingerprint density at radius 1 is 1.38 bits per heavy atom. The van der Waals surface area contributed by atoms with Crippen molar-refractivity contribution in [3.05, 3.63) is 29.3 Å². The third-order valence-electron chi connectivity index (χ3n) is 3.76. The lowest BCUT2D eigenvalue weighted by atomic mass is 10.1. The van der Waals surface area contributed by atoms with Gasteiger partial charge in [0, 0.05) is 19.8 Å². The minimum absolute atomic E-state index is 0.334. The average molecular weight is 293 g/mol. The molecule has 0 aromatic heterocycles. The van der Waals surface area contributed by atoms with E-state index in [-0.39, 0.29) is 0 Å². The van der Waals surface area contributed by atoms with E-state index in [0.717, 1.165) is 51.5 Å². The first-order valence-corrected chi connectivity index (χ1v) is 7.83. The largest absolute Gasteiger partial charge is 0.496 e. The predicted molar refractivity (Wildman–Crippen MR) is 83.8 cm³/mol. The van der Waals surface area contributed by atoms with Crippen molar-refractivity contribution in [2.75, 3.05) is 33.5 Å². The fraction of sp³-hybridized carbons (Fsp3) is 0.647. The van der Waals surface area contributed by atoms with E-state index in [1.165, 1.54) is 17.5 Å². The van der Waals surface area contributed by atoms with Gasteiger partial charge in [-0.3, -0.25) is 0 Å². The molecule has 1 saturated heterocycles. The summed E-state index contributed by atoms with van der Waals surface area (Å²) in [7, 11) is 1.71. The number of hydrogen-bond donors (Lipinski definition) is 1. The van der Waals surface area contributed by atoms with Gasteiger partial charge in [0.15, 0.2) is 0 Å². The Labute approximate surface area is 127 Å². The maximum Gasteiger partial charge on any atom is 0.121 e. The monoisotopic (exact) mass is 293 g/mol. The van der Waals surface area contributed by atoms with E-state index in [2.05, 4.69) is 24.4 Å². The Bertz CT molecular complexity index is 416. The van der Waals surface area contributed by atoms with Crippen LogP contribution in [0.3, 0.4) is 0 Å². The molecule has 1 atom stereocenters.